The molecule has 1 amide bonds. The Kier molecular flexibility index (Phi) is 6.61. The molecule has 1 aliphatic heterocycles. The molecule has 0 aliphatic carbocycles. The Hall–Kier alpha value is -2.49. The summed E-state index contributed by atoms with van der Waals surface area (Å²) in [5.74, 6) is 1.35. The van der Waals surface area contributed by atoms with E-state index in [-0.39, 0.29) is 11.9 Å². The van der Waals surface area contributed by atoms with E-state index < -0.39 is 6.10 Å². The van der Waals surface area contributed by atoms with E-state index in [2.05, 4.69) is 41.4 Å². The van der Waals surface area contributed by atoms with Crippen molar-refractivity contribution in [1.82, 2.24) is 5.32 Å². The minimum Gasteiger partial charge on any atom is -0.481 e. The highest BCUT2D eigenvalue weighted by atomic mass is 16.5. The lowest BCUT2D eigenvalue weighted by atomic mass is 9.99. The molecule has 1 N–H and O–H groups in total. The predicted molar refractivity (Wildman–Crippen MR) is 115 cm³/mol. The number of aryl methyl sites for hydroxylation is 1. The van der Waals surface area contributed by atoms with E-state index in [0.29, 0.717) is 5.75 Å². The summed E-state index contributed by atoms with van der Waals surface area (Å²) in [5, 5.41) is 3.06. The number of nitrogens with zero attached hydrogens (tertiary/aromatic N) is 1. The van der Waals surface area contributed by atoms with Crippen molar-refractivity contribution in [3.63, 3.8) is 0 Å². The van der Waals surface area contributed by atoms with Gasteiger partial charge in [0.2, 0.25) is 0 Å². The number of carbonyl (C=O) groups is 1. The summed E-state index contributed by atoms with van der Waals surface area (Å²) < 4.78 is 5.76. The van der Waals surface area contributed by atoms with E-state index in [1.165, 1.54) is 24.1 Å². The largest absolute Gasteiger partial charge is 0.481 e. The van der Waals surface area contributed by atoms with E-state index in [9.17, 15) is 4.79 Å². The first kappa shape index (κ1) is 20.2. The molecule has 0 saturated carbocycles. The van der Waals surface area contributed by atoms with Crippen LogP contribution in [0.2, 0.25) is 0 Å². The maximum absolute atomic E-state index is 12.5. The first-order chi connectivity index (χ1) is 13.4. The lowest BCUT2D eigenvalue weighted by molar-refractivity contribution is -0.127. The number of benzene rings is 2. The fraction of sp³-hybridized carbons (Fsp3) is 0.458. The number of ether oxygens (including phenoxy) is 1. The topological polar surface area (TPSA) is 41.6 Å². The molecule has 4 nitrogen and oxygen atoms in total. The van der Waals surface area contributed by atoms with Crippen molar-refractivity contribution in [2.45, 2.75) is 52.7 Å². The zero-order chi connectivity index (χ0) is 20.1. The van der Waals surface area contributed by atoms with Gasteiger partial charge in [-0.1, -0.05) is 36.8 Å². The highest BCUT2D eigenvalue weighted by molar-refractivity contribution is 5.81. The van der Waals surface area contributed by atoms with Gasteiger partial charge in [0.15, 0.2) is 6.10 Å². The van der Waals surface area contributed by atoms with Gasteiger partial charge in [-0.25, -0.2) is 0 Å². The average Bonchev–Trinajstić information content (AvgIpc) is 2.69. The second-order valence-corrected chi connectivity index (χ2v) is 8.09. The van der Waals surface area contributed by atoms with Gasteiger partial charge >= 0.3 is 0 Å². The summed E-state index contributed by atoms with van der Waals surface area (Å²) >= 11 is 0. The van der Waals surface area contributed by atoms with E-state index in [1.807, 2.05) is 38.1 Å². The molecule has 3 rings (SSSR count). The molecule has 150 valence electrons. The molecule has 0 radical (unpaired) electrons. The van der Waals surface area contributed by atoms with Gasteiger partial charge in [0.25, 0.3) is 5.91 Å². The monoisotopic (exact) mass is 380 g/mol. The number of piperidine rings is 1. The summed E-state index contributed by atoms with van der Waals surface area (Å²) in [6.45, 7) is 10.4. The Bertz CT molecular complexity index is 770. The van der Waals surface area contributed by atoms with Crippen molar-refractivity contribution in [1.29, 1.82) is 0 Å². The van der Waals surface area contributed by atoms with Crippen molar-refractivity contribution < 1.29 is 9.53 Å². The number of amides is 1. The summed E-state index contributed by atoms with van der Waals surface area (Å²) in [7, 11) is 0. The normalized spacial score (nSPS) is 19.0. The summed E-state index contributed by atoms with van der Waals surface area (Å²) in [6.07, 6.45) is 2.04. The van der Waals surface area contributed by atoms with E-state index in [4.69, 9.17) is 4.74 Å². The summed E-state index contributed by atoms with van der Waals surface area (Å²) in [5.41, 5.74) is 3.54. The summed E-state index contributed by atoms with van der Waals surface area (Å²) in [6, 6.07) is 16.2. The maximum atomic E-state index is 12.5. The number of carbonyl (C=O) groups excluding carboxylic acids is 1. The smallest absolute Gasteiger partial charge is 0.261 e. The Labute approximate surface area is 168 Å². The van der Waals surface area contributed by atoms with Gasteiger partial charge in [-0.05, 0) is 69.4 Å². The minimum absolute atomic E-state index is 0.0640. The number of hydrogen-bond acceptors (Lipinski definition) is 3. The van der Waals surface area contributed by atoms with Crippen molar-refractivity contribution in [2.24, 2.45) is 5.92 Å². The zero-order valence-electron chi connectivity index (χ0n) is 17.4. The molecule has 3 atom stereocenters. The molecule has 0 bridgehead atoms. The average molecular weight is 381 g/mol. The molecule has 1 heterocycles. The lowest BCUT2D eigenvalue weighted by Crippen LogP contribution is -2.37. The standard InChI is InChI=1S/C24H32N2O2/c1-17-7-13-23(14-8-17)28-20(4)24(27)25-19(3)21-9-11-22(12-10-21)26-15-5-6-18(2)16-26/h7-14,18-20H,5-6,15-16H2,1-4H3,(H,25,27)/t18-,19+,20-/m1/s1. The van der Waals surface area contributed by atoms with Gasteiger partial charge in [0.1, 0.15) is 5.75 Å². The van der Waals surface area contributed by atoms with Crippen molar-refractivity contribution in [2.75, 3.05) is 18.0 Å². The van der Waals surface area contributed by atoms with Crippen LogP contribution in [0.1, 0.15) is 50.8 Å². The molecule has 28 heavy (non-hydrogen) atoms. The Morgan fingerprint density at radius 3 is 2.43 bits per heavy atom. The molecular weight excluding hydrogens is 348 g/mol. The van der Waals surface area contributed by atoms with Crippen molar-refractivity contribution >= 4 is 11.6 Å². The van der Waals surface area contributed by atoms with E-state index >= 15 is 0 Å². The third-order valence-electron chi connectivity index (χ3n) is 5.48. The molecule has 0 aromatic heterocycles. The summed E-state index contributed by atoms with van der Waals surface area (Å²) in [4.78, 5) is 15.0. The van der Waals surface area contributed by atoms with Gasteiger partial charge in [-0.2, -0.15) is 0 Å². The van der Waals surface area contributed by atoms with Crippen LogP contribution >= 0.6 is 0 Å². The van der Waals surface area contributed by atoms with Crippen molar-refractivity contribution in [3.05, 3.63) is 59.7 Å². The Balaban J connectivity index is 1.55. The van der Waals surface area contributed by atoms with Gasteiger partial charge in [-0.3, -0.25) is 4.79 Å². The minimum atomic E-state index is -0.542. The lowest BCUT2D eigenvalue weighted by Gasteiger charge is -2.33. The second kappa shape index (κ2) is 9.13. The Morgan fingerprint density at radius 1 is 1.11 bits per heavy atom. The first-order valence-electron chi connectivity index (χ1n) is 10.3. The van der Waals surface area contributed by atoms with E-state index in [1.54, 1.807) is 6.92 Å². The molecule has 4 heteroatoms. The van der Waals surface area contributed by atoms with Crippen LogP contribution in [0, 0.1) is 12.8 Å². The van der Waals surface area contributed by atoms with Gasteiger partial charge < -0.3 is 15.0 Å². The van der Waals surface area contributed by atoms with E-state index in [0.717, 1.165) is 24.6 Å². The maximum Gasteiger partial charge on any atom is 0.261 e. The highest BCUT2D eigenvalue weighted by Crippen LogP contribution is 2.24. The number of hydrogen-bond donors (Lipinski definition) is 1. The van der Waals surface area contributed by atoms with Crippen LogP contribution in [0.3, 0.4) is 0 Å². The number of anilines is 1. The first-order valence-corrected chi connectivity index (χ1v) is 10.3. The molecule has 0 spiro atoms. The van der Waals surface area contributed by atoms with Gasteiger partial charge in [0, 0.05) is 18.8 Å². The third-order valence-corrected chi connectivity index (χ3v) is 5.48. The second-order valence-electron chi connectivity index (χ2n) is 8.09. The molecule has 2 aromatic carbocycles. The van der Waals surface area contributed by atoms with Crippen molar-refractivity contribution in [3.8, 4) is 5.75 Å². The van der Waals surface area contributed by atoms with Crippen LogP contribution in [0.5, 0.6) is 5.75 Å². The highest BCUT2D eigenvalue weighted by Gasteiger charge is 2.19. The van der Waals surface area contributed by atoms with Crippen LogP contribution in [0.25, 0.3) is 0 Å². The molecule has 0 unspecified atom stereocenters. The van der Waals surface area contributed by atoms with Crippen LogP contribution < -0.4 is 15.0 Å². The quantitative estimate of drug-likeness (QED) is 0.777. The fourth-order valence-corrected chi connectivity index (χ4v) is 3.69. The Morgan fingerprint density at radius 2 is 1.79 bits per heavy atom. The SMILES string of the molecule is Cc1ccc(O[C@H](C)C(=O)N[C@@H](C)c2ccc(N3CCC[C@@H](C)C3)cc2)cc1. The molecule has 2 aromatic rings. The number of rotatable bonds is 6. The van der Waals surface area contributed by atoms with Gasteiger partial charge in [-0.15, -0.1) is 0 Å². The third kappa shape index (κ3) is 5.28. The molecule has 1 fully saturated rings. The predicted octanol–water partition coefficient (Wildman–Crippen LogP) is 4.88. The molecular formula is C24H32N2O2. The molecule has 1 aliphatic rings. The fourth-order valence-electron chi connectivity index (χ4n) is 3.69. The molecule has 1 saturated heterocycles. The van der Waals surface area contributed by atoms with Gasteiger partial charge in [0.05, 0.1) is 6.04 Å². The number of nitrogens with one attached hydrogen (secondary N) is 1. The zero-order valence-corrected chi connectivity index (χ0v) is 17.4. The van der Waals surface area contributed by atoms with Crippen LogP contribution in [-0.4, -0.2) is 25.1 Å². The van der Waals surface area contributed by atoms with Crippen LogP contribution in [-0.2, 0) is 4.79 Å². The van der Waals surface area contributed by atoms with Crippen LogP contribution in [0.15, 0.2) is 48.5 Å². The van der Waals surface area contributed by atoms with Crippen LogP contribution in [0.4, 0.5) is 5.69 Å².